The summed E-state index contributed by atoms with van der Waals surface area (Å²) >= 11 is 0. The third-order valence-electron chi connectivity index (χ3n) is 4.76. The van der Waals surface area contributed by atoms with Gasteiger partial charge in [0.05, 0.1) is 0 Å². The van der Waals surface area contributed by atoms with Crippen LogP contribution in [0.5, 0.6) is 0 Å². The average Bonchev–Trinajstić information content (AvgIpc) is 2.76. The van der Waals surface area contributed by atoms with Gasteiger partial charge in [-0.05, 0) is 38.9 Å². The smallest absolute Gasteiger partial charge is 0.191 e. The molecule has 1 heterocycles. The van der Waals surface area contributed by atoms with E-state index in [9.17, 15) is 0 Å². The summed E-state index contributed by atoms with van der Waals surface area (Å²) in [5.74, 6) is 1.79. The van der Waals surface area contributed by atoms with Crippen molar-refractivity contribution >= 4 is 5.96 Å². The Labute approximate surface area is 150 Å². The monoisotopic (exact) mass is 339 g/mol. The number of rotatable bonds is 10. The van der Waals surface area contributed by atoms with Crippen LogP contribution >= 0.6 is 0 Å². The first-order chi connectivity index (χ1) is 11.6. The molecule has 5 nitrogen and oxygen atoms in total. The molecule has 0 aliphatic carbocycles. The third-order valence-corrected chi connectivity index (χ3v) is 4.76. The van der Waals surface area contributed by atoms with Gasteiger partial charge in [-0.3, -0.25) is 4.99 Å². The zero-order valence-corrected chi connectivity index (χ0v) is 16.6. The molecule has 0 aromatic rings. The standard InChI is InChI=1S/C19H41N5/c1-18(2)10-7-5-6-8-11-21-19(20-3)22-12-15-24-14-9-13-23(4)16-17-24/h18H,5-17H2,1-4H3,(H2,20,21,22). The third kappa shape index (κ3) is 10.9. The van der Waals surface area contributed by atoms with Crippen LogP contribution in [0.1, 0.15) is 52.4 Å². The molecule has 1 rings (SSSR count). The summed E-state index contributed by atoms with van der Waals surface area (Å²) < 4.78 is 0. The van der Waals surface area contributed by atoms with Gasteiger partial charge in [-0.2, -0.15) is 0 Å². The molecular weight excluding hydrogens is 298 g/mol. The van der Waals surface area contributed by atoms with Crippen molar-refractivity contribution in [3.63, 3.8) is 0 Å². The fourth-order valence-corrected chi connectivity index (χ4v) is 3.11. The molecule has 0 aromatic carbocycles. The van der Waals surface area contributed by atoms with Gasteiger partial charge in [0.15, 0.2) is 5.96 Å². The molecule has 0 radical (unpaired) electrons. The fraction of sp³-hybridized carbons (Fsp3) is 0.947. The van der Waals surface area contributed by atoms with E-state index in [1.54, 1.807) is 0 Å². The number of hydrogen-bond donors (Lipinski definition) is 2. The van der Waals surface area contributed by atoms with E-state index in [0.717, 1.165) is 31.5 Å². The van der Waals surface area contributed by atoms with E-state index in [2.05, 4.69) is 46.3 Å². The summed E-state index contributed by atoms with van der Waals surface area (Å²) in [4.78, 5) is 9.31. The number of aliphatic imine (C=N–C) groups is 1. The summed E-state index contributed by atoms with van der Waals surface area (Å²) in [6.07, 6.45) is 7.92. The Hall–Kier alpha value is -0.810. The maximum atomic E-state index is 4.33. The first kappa shape index (κ1) is 21.2. The van der Waals surface area contributed by atoms with Crippen LogP contribution in [0, 0.1) is 5.92 Å². The van der Waals surface area contributed by atoms with Gasteiger partial charge in [-0.25, -0.2) is 0 Å². The van der Waals surface area contributed by atoms with Crippen LogP contribution in [0.3, 0.4) is 0 Å². The largest absolute Gasteiger partial charge is 0.356 e. The van der Waals surface area contributed by atoms with E-state index in [1.807, 2.05) is 7.05 Å². The van der Waals surface area contributed by atoms with Gasteiger partial charge < -0.3 is 20.4 Å². The molecule has 0 spiro atoms. The molecule has 2 N–H and O–H groups in total. The van der Waals surface area contributed by atoms with E-state index >= 15 is 0 Å². The van der Waals surface area contributed by atoms with Gasteiger partial charge in [0.1, 0.15) is 0 Å². The lowest BCUT2D eigenvalue weighted by Gasteiger charge is -2.21. The summed E-state index contributed by atoms with van der Waals surface area (Å²) in [7, 11) is 4.08. The molecule has 0 amide bonds. The minimum atomic E-state index is 0.843. The lowest BCUT2D eigenvalue weighted by atomic mass is 10.0. The SMILES string of the molecule is CN=C(NCCCCCCC(C)C)NCCN1CCCN(C)CC1. The molecular formula is C19H41N5. The maximum absolute atomic E-state index is 4.33. The van der Waals surface area contributed by atoms with Crippen LogP contribution in [0.25, 0.3) is 0 Å². The van der Waals surface area contributed by atoms with E-state index in [0.29, 0.717) is 0 Å². The van der Waals surface area contributed by atoms with E-state index in [-0.39, 0.29) is 0 Å². The number of likely N-dealkylation sites (N-methyl/N-ethyl adjacent to an activating group) is 1. The van der Waals surface area contributed by atoms with E-state index in [4.69, 9.17) is 0 Å². The molecule has 1 fully saturated rings. The van der Waals surface area contributed by atoms with Crippen molar-refractivity contribution in [3.8, 4) is 0 Å². The highest BCUT2D eigenvalue weighted by atomic mass is 15.2. The van der Waals surface area contributed by atoms with Crippen molar-refractivity contribution in [2.75, 3.05) is 59.9 Å². The molecule has 142 valence electrons. The van der Waals surface area contributed by atoms with Crippen molar-refractivity contribution in [1.29, 1.82) is 0 Å². The molecule has 0 unspecified atom stereocenters. The van der Waals surface area contributed by atoms with Crippen molar-refractivity contribution < 1.29 is 0 Å². The first-order valence-electron chi connectivity index (χ1n) is 9.97. The van der Waals surface area contributed by atoms with Crippen molar-refractivity contribution in [1.82, 2.24) is 20.4 Å². The molecule has 0 bridgehead atoms. The molecule has 1 aliphatic heterocycles. The predicted octanol–water partition coefficient (Wildman–Crippen LogP) is 2.40. The lowest BCUT2D eigenvalue weighted by Crippen LogP contribution is -2.42. The van der Waals surface area contributed by atoms with Crippen LogP contribution in [0.15, 0.2) is 4.99 Å². The number of nitrogens with zero attached hydrogens (tertiary/aromatic N) is 3. The van der Waals surface area contributed by atoms with Gasteiger partial charge in [-0.1, -0.05) is 39.5 Å². The van der Waals surface area contributed by atoms with Crippen LogP contribution in [0.2, 0.25) is 0 Å². The Morgan fingerprint density at radius 3 is 2.46 bits per heavy atom. The number of guanidine groups is 1. The number of nitrogens with one attached hydrogen (secondary N) is 2. The second-order valence-electron chi connectivity index (χ2n) is 7.52. The Kier molecular flexibility index (Phi) is 11.9. The van der Waals surface area contributed by atoms with Crippen molar-refractivity contribution in [2.24, 2.45) is 10.9 Å². The number of unbranched alkanes of at least 4 members (excludes halogenated alkanes) is 3. The topological polar surface area (TPSA) is 42.9 Å². The highest BCUT2D eigenvalue weighted by Gasteiger charge is 2.11. The summed E-state index contributed by atoms with van der Waals surface area (Å²) in [5, 5.41) is 6.89. The van der Waals surface area contributed by atoms with Crippen LogP contribution in [-0.4, -0.2) is 75.7 Å². The molecule has 0 atom stereocenters. The summed E-state index contributed by atoms with van der Waals surface area (Å²) in [6.45, 7) is 12.5. The number of hydrogen-bond acceptors (Lipinski definition) is 3. The average molecular weight is 340 g/mol. The normalized spacial score (nSPS) is 18.0. The van der Waals surface area contributed by atoms with Gasteiger partial charge in [0.2, 0.25) is 0 Å². The van der Waals surface area contributed by atoms with Crippen molar-refractivity contribution in [2.45, 2.75) is 52.4 Å². The lowest BCUT2D eigenvalue weighted by molar-refractivity contribution is 0.280. The Morgan fingerprint density at radius 1 is 0.958 bits per heavy atom. The highest BCUT2D eigenvalue weighted by Crippen LogP contribution is 2.08. The van der Waals surface area contributed by atoms with Gasteiger partial charge in [0.25, 0.3) is 0 Å². The zero-order valence-electron chi connectivity index (χ0n) is 16.6. The molecule has 1 saturated heterocycles. The first-order valence-corrected chi connectivity index (χ1v) is 9.97. The molecule has 24 heavy (non-hydrogen) atoms. The van der Waals surface area contributed by atoms with Gasteiger partial charge >= 0.3 is 0 Å². The Bertz CT molecular complexity index is 330. The van der Waals surface area contributed by atoms with Crippen LogP contribution in [-0.2, 0) is 0 Å². The minimum absolute atomic E-state index is 0.843. The van der Waals surface area contributed by atoms with E-state index < -0.39 is 0 Å². The molecule has 5 heteroatoms. The Morgan fingerprint density at radius 2 is 1.71 bits per heavy atom. The fourth-order valence-electron chi connectivity index (χ4n) is 3.11. The molecule has 1 aliphatic rings. The predicted molar refractivity (Wildman–Crippen MR) is 106 cm³/mol. The zero-order chi connectivity index (χ0) is 17.6. The summed E-state index contributed by atoms with van der Waals surface area (Å²) in [6, 6.07) is 0. The quantitative estimate of drug-likeness (QED) is 0.364. The second kappa shape index (κ2) is 13.5. The van der Waals surface area contributed by atoms with Gasteiger partial charge in [-0.15, -0.1) is 0 Å². The maximum Gasteiger partial charge on any atom is 0.191 e. The molecule has 0 aromatic heterocycles. The summed E-state index contributed by atoms with van der Waals surface area (Å²) in [5.41, 5.74) is 0. The minimum Gasteiger partial charge on any atom is -0.356 e. The van der Waals surface area contributed by atoms with Crippen molar-refractivity contribution in [3.05, 3.63) is 0 Å². The second-order valence-corrected chi connectivity index (χ2v) is 7.52. The van der Waals surface area contributed by atoms with E-state index in [1.165, 1.54) is 64.7 Å². The van der Waals surface area contributed by atoms with Gasteiger partial charge in [0, 0.05) is 39.8 Å². The van der Waals surface area contributed by atoms with Crippen LogP contribution in [0.4, 0.5) is 0 Å². The Balaban J connectivity index is 2.02. The van der Waals surface area contributed by atoms with Crippen LogP contribution < -0.4 is 10.6 Å². The highest BCUT2D eigenvalue weighted by molar-refractivity contribution is 5.79. The molecule has 0 saturated carbocycles.